The molecule has 2 saturated carbocycles. The van der Waals surface area contributed by atoms with Crippen molar-refractivity contribution in [2.75, 3.05) is 39.8 Å². The van der Waals surface area contributed by atoms with Gasteiger partial charge >= 0.3 is 0 Å². The average molecular weight is 345 g/mol. The van der Waals surface area contributed by atoms with E-state index in [1.807, 2.05) is 20.0 Å². The smallest absolute Gasteiger partial charge is 0.193 e. The van der Waals surface area contributed by atoms with Crippen LogP contribution in [0.15, 0.2) is 15.6 Å². The molecule has 25 heavy (non-hydrogen) atoms. The number of aliphatic imine (C=N–C) groups is 1. The van der Waals surface area contributed by atoms with Gasteiger partial charge in [-0.2, -0.15) is 0 Å². The van der Waals surface area contributed by atoms with E-state index in [1.165, 1.54) is 32.1 Å². The summed E-state index contributed by atoms with van der Waals surface area (Å²) >= 11 is 0. The summed E-state index contributed by atoms with van der Waals surface area (Å²) in [6.07, 6.45) is 7.12. The van der Waals surface area contributed by atoms with Crippen LogP contribution in [0.3, 0.4) is 0 Å². The molecule has 1 saturated heterocycles. The van der Waals surface area contributed by atoms with Gasteiger partial charge in [-0.25, -0.2) is 0 Å². The fourth-order valence-corrected chi connectivity index (χ4v) is 4.48. The van der Waals surface area contributed by atoms with Gasteiger partial charge in [0.15, 0.2) is 5.96 Å². The van der Waals surface area contributed by atoms with Crippen molar-refractivity contribution in [1.82, 2.24) is 20.3 Å². The second-order valence-electron chi connectivity index (χ2n) is 8.08. The number of piperazine rings is 1. The van der Waals surface area contributed by atoms with Crippen molar-refractivity contribution >= 4 is 5.96 Å². The van der Waals surface area contributed by atoms with Crippen LogP contribution in [0.4, 0.5) is 0 Å². The maximum atomic E-state index is 5.17. The quantitative estimate of drug-likeness (QED) is 0.655. The topological polar surface area (TPSA) is 56.9 Å². The highest BCUT2D eigenvalue weighted by Gasteiger charge is 2.48. The van der Waals surface area contributed by atoms with Crippen molar-refractivity contribution in [2.45, 2.75) is 45.6 Å². The Hall–Kier alpha value is -1.56. The molecule has 0 spiro atoms. The van der Waals surface area contributed by atoms with E-state index < -0.39 is 0 Å². The lowest BCUT2D eigenvalue weighted by molar-refractivity contribution is 0.103. The van der Waals surface area contributed by atoms with Crippen molar-refractivity contribution in [3.05, 3.63) is 17.5 Å². The first-order chi connectivity index (χ1) is 12.2. The largest absolute Gasteiger partial charge is 0.361 e. The van der Waals surface area contributed by atoms with Crippen LogP contribution < -0.4 is 5.32 Å². The van der Waals surface area contributed by atoms with Crippen LogP contribution in [0, 0.1) is 18.3 Å². The van der Waals surface area contributed by atoms with Crippen LogP contribution in [-0.2, 0) is 6.54 Å². The number of aromatic nitrogens is 1. The molecule has 0 bridgehead atoms. The van der Waals surface area contributed by atoms with E-state index in [1.54, 1.807) is 0 Å². The average Bonchev–Trinajstić information content (AvgIpc) is 3.34. The van der Waals surface area contributed by atoms with E-state index in [2.05, 4.69) is 25.3 Å². The summed E-state index contributed by atoms with van der Waals surface area (Å²) in [6, 6.07) is 2.03. The van der Waals surface area contributed by atoms with Gasteiger partial charge in [-0.1, -0.05) is 11.6 Å². The normalized spacial score (nSPS) is 24.2. The Morgan fingerprint density at radius 3 is 2.60 bits per heavy atom. The predicted molar refractivity (Wildman–Crippen MR) is 98.5 cm³/mol. The van der Waals surface area contributed by atoms with Crippen molar-refractivity contribution in [3.8, 4) is 0 Å². The van der Waals surface area contributed by atoms with Gasteiger partial charge < -0.3 is 14.7 Å². The molecule has 138 valence electrons. The number of nitrogens with zero attached hydrogens (tertiary/aromatic N) is 4. The third-order valence-electron chi connectivity index (χ3n) is 6.34. The lowest BCUT2D eigenvalue weighted by Gasteiger charge is -2.44. The Morgan fingerprint density at radius 2 is 2.08 bits per heavy atom. The van der Waals surface area contributed by atoms with E-state index in [4.69, 9.17) is 4.52 Å². The molecule has 1 N–H and O–H groups in total. The molecule has 1 aliphatic heterocycles. The van der Waals surface area contributed by atoms with E-state index >= 15 is 0 Å². The van der Waals surface area contributed by atoms with Crippen molar-refractivity contribution < 1.29 is 4.52 Å². The van der Waals surface area contributed by atoms with Crippen LogP contribution in [0.2, 0.25) is 0 Å². The number of nitrogens with one attached hydrogen (secondary N) is 1. The number of hydrogen-bond donors (Lipinski definition) is 1. The van der Waals surface area contributed by atoms with Crippen molar-refractivity contribution in [3.63, 3.8) is 0 Å². The molecule has 6 heteroatoms. The Kier molecular flexibility index (Phi) is 4.71. The zero-order valence-electron chi connectivity index (χ0n) is 15.6. The number of rotatable bonds is 5. The molecular weight excluding hydrogens is 314 g/mol. The summed E-state index contributed by atoms with van der Waals surface area (Å²) < 4.78 is 5.17. The molecule has 3 fully saturated rings. The van der Waals surface area contributed by atoms with Gasteiger partial charge in [0.25, 0.3) is 0 Å². The minimum absolute atomic E-state index is 0.586. The molecule has 0 aromatic carbocycles. The van der Waals surface area contributed by atoms with E-state index in [9.17, 15) is 0 Å². The molecule has 6 nitrogen and oxygen atoms in total. The Balaban J connectivity index is 1.25. The van der Waals surface area contributed by atoms with Crippen molar-refractivity contribution in [2.24, 2.45) is 16.3 Å². The van der Waals surface area contributed by atoms with E-state index in [0.29, 0.717) is 5.41 Å². The van der Waals surface area contributed by atoms with Gasteiger partial charge in [-0.05, 0) is 43.9 Å². The summed E-state index contributed by atoms with van der Waals surface area (Å²) in [5.41, 5.74) is 1.62. The summed E-state index contributed by atoms with van der Waals surface area (Å²) in [6.45, 7) is 8.06. The number of hydrogen-bond acceptors (Lipinski definition) is 4. The summed E-state index contributed by atoms with van der Waals surface area (Å²) in [7, 11) is 1.91. The molecule has 0 radical (unpaired) electrons. The second kappa shape index (κ2) is 6.98. The maximum absolute atomic E-state index is 5.17. The highest BCUT2D eigenvalue weighted by molar-refractivity contribution is 5.80. The molecule has 0 amide bonds. The maximum Gasteiger partial charge on any atom is 0.193 e. The molecule has 3 aliphatic rings. The van der Waals surface area contributed by atoms with Crippen LogP contribution in [-0.4, -0.2) is 60.7 Å². The van der Waals surface area contributed by atoms with Gasteiger partial charge in [0, 0.05) is 52.4 Å². The van der Waals surface area contributed by atoms with Gasteiger partial charge in [0.05, 0.1) is 5.69 Å². The monoisotopic (exact) mass is 345 g/mol. The summed E-state index contributed by atoms with van der Waals surface area (Å²) in [5, 5.41) is 7.81. The minimum atomic E-state index is 0.586. The molecule has 0 atom stereocenters. The van der Waals surface area contributed by atoms with Gasteiger partial charge in [-0.3, -0.25) is 9.89 Å². The number of guanidine groups is 1. The Labute approximate surface area is 150 Å². The third kappa shape index (κ3) is 3.68. The Morgan fingerprint density at radius 1 is 1.32 bits per heavy atom. The lowest BCUT2D eigenvalue weighted by Crippen LogP contribution is -2.54. The van der Waals surface area contributed by atoms with Crippen LogP contribution in [0.1, 0.15) is 43.6 Å². The second-order valence-corrected chi connectivity index (χ2v) is 8.08. The Bertz CT molecular complexity index is 609. The van der Waals surface area contributed by atoms with Crippen LogP contribution in [0.5, 0.6) is 0 Å². The van der Waals surface area contributed by atoms with Gasteiger partial charge in [-0.15, -0.1) is 0 Å². The van der Waals surface area contributed by atoms with E-state index in [-0.39, 0.29) is 0 Å². The SMILES string of the molecule is CN=C(NCC1(C2CC2)CCC1)N1CCN(Cc2cc(C)on2)CC1. The zero-order chi connectivity index (χ0) is 17.3. The highest BCUT2D eigenvalue weighted by Crippen LogP contribution is 2.56. The molecule has 4 rings (SSSR count). The predicted octanol–water partition coefficient (Wildman–Crippen LogP) is 2.26. The van der Waals surface area contributed by atoms with Gasteiger partial charge in [0.1, 0.15) is 5.76 Å². The molecule has 1 aromatic heterocycles. The first kappa shape index (κ1) is 16.9. The fraction of sp³-hybridized carbons (Fsp3) is 0.789. The van der Waals surface area contributed by atoms with E-state index in [0.717, 1.165) is 62.6 Å². The molecule has 2 heterocycles. The highest BCUT2D eigenvalue weighted by atomic mass is 16.5. The molecular formula is C19H31N5O. The molecule has 0 unspecified atom stereocenters. The summed E-state index contributed by atoms with van der Waals surface area (Å²) in [5.74, 6) is 2.96. The molecule has 1 aromatic rings. The first-order valence-electron chi connectivity index (χ1n) is 9.79. The zero-order valence-corrected chi connectivity index (χ0v) is 15.6. The first-order valence-corrected chi connectivity index (χ1v) is 9.79. The van der Waals surface area contributed by atoms with Crippen molar-refractivity contribution in [1.29, 1.82) is 0 Å². The van der Waals surface area contributed by atoms with Gasteiger partial charge in [0.2, 0.25) is 0 Å². The minimum Gasteiger partial charge on any atom is -0.361 e. The number of aryl methyl sites for hydroxylation is 1. The third-order valence-corrected chi connectivity index (χ3v) is 6.34. The fourth-order valence-electron chi connectivity index (χ4n) is 4.48. The van der Waals surface area contributed by atoms with Crippen LogP contribution in [0.25, 0.3) is 0 Å². The lowest BCUT2D eigenvalue weighted by atomic mass is 9.65. The van der Waals surface area contributed by atoms with Crippen LogP contribution >= 0.6 is 0 Å². The molecule has 2 aliphatic carbocycles. The standard InChI is InChI=1S/C19H31N5O/c1-15-12-17(22-25-15)13-23-8-10-24(11-9-23)18(20-2)21-14-19(6-3-7-19)16-4-5-16/h12,16H,3-11,13-14H2,1-2H3,(H,20,21). The summed E-state index contributed by atoms with van der Waals surface area (Å²) in [4.78, 5) is 9.40.